The third-order valence-electron chi connectivity index (χ3n) is 17.2. The van der Waals surface area contributed by atoms with Crippen LogP contribution in [0.3, 0.4) is 0 Å². The van der Waals surface area contributed by atoms with E-state index in [4.69, 9.17) is 33.2 Å². The lowest BCUT2D eigenvalue weighted by Gasteiger charge is -2.22. The minimum absolute atomic E-state index is 0.00654. The van der Waals surface area contributed by atoms with Crippen LogP contribution in [-0.2, 0) is 33.2 Å². The van der Waals surface area contributed by atoms with Crippen molar-refractivity contribution < 1.29 is 33.2 Å². The fraction of sp³-hybridized carbons (Fsp3) is 0.949. The van der Waals surface area contributed by atoms with Crippen molar-refractivity contribution in [1.82, 2.24) is 0 Å². The van der Waals surface area contributed by atoms with E-state index in [0.717, 1.165) is 78.2 Å². The molecule has 0 rings (SSSR count). The summed E-state index contributed by atoms with van der Waals surface area (Å²) in [6.45, 7) is 18.6. The van der Waals surface area contributed by atoms with Crippen LogP contribution in [0.5, 0.6) is 0 Å². The van der Waals surface area contributed by atoms with E-state index in [-0.39, 0.29) is 25.2 Å². The van der Waals surface area contributed by atoms with Crippen molar-refractivity contribution >= 4 is 0 Å². The van der Waals surface area contributed by atoms with Gasteiger partial charge < -0.3 is 33.2 Å². The Morgan fingerprint density at radius 2 is 0.388 bits per heavy atom. The zero-order valence-corrected chi connectivity index (χ0v) is 58.7. The van der Waals surface area contributed by atoms with Crippen LogP contribution in [-0.4, -0.2) is 64.8 Å². The van der Waals surface area contributed by atoms with Gasteiger partial charge in [0.15, 0.2) is 25.2 Å². The lowest BCUT2D eigenvalue weighted by atomic mass is 10.1. The smallest absolute Gasteiger partial charge is 0.180 e. The van der Waals surface area contributed by atoms with Crippen molar-refractivity contribution in [3.05, 3.63) is 24.3 Å². The summed E-state index contributed by atoms with van der Waals surface area (Å²) >= 11 is 0. The van der Waals surface area contributed by atoms with Crippen LogP contribution >= 0.6 is 0 Å². The molecule has 0 heterocycles. The largest absolute Gasteiger partial charge is 0.353 e. The molecule has 0 aliphatic heterocycles. The Morgan fingerprint density at radius 1 is 0.200 bits per heavy atom. The molecule has 7 heteroatoms. The molecule has 7 nitrogen and oxygen atoms in total. The minimum Gasteiger partial charge on any atom is -0.353 e. The molecule has 0 saturated carbocycles. The zero-order valence-electron chi connectivity index (χ0n) is 58.7. The molecule has 508 valence electrons. The van der Waals surface area contributed by atoms with Gasteiger partial charge in [-0.05, 0) is 102 Å². The van der Waals surface area contributed by atoms with Crippen molar-refractivity contribution in [3.8, 4) is 0 Å². The maximum absolute atomic E-state index is 6.67. The average Bonchev–Trinajstić information content (AvgIpc) is 3.52. The van der Waals surface area contributed by atoms with E-state index in [1.807, 2.05) is 0 Å². The van der Waals surface area contributed by atoms with Gasteiger partial charge in [0.25, 0.3) is 0 Å². The molecule has 0 aliphatic rings. The number of unbranched alkanes of at least 4 members (excludes halogenated alkanes) is 48. The first-order valence-electron chi connectivity index (χ1n) is 38.8. The van der Waals surface area contributed by atoms with Gasteiger partial charge in [0.1, 0.15) is 0 Å². The van der Waals surface area contributed by atoms with Gasteiger partial charge in [0.2, 0.25) is 0 Å². The number of ether oxygens (including phenoxy) is 7. The van der Waals surface area contributed by atoms with Crippen LogP contribution in [0.15, 0.2) is 24.3 Å². The molecule has 0 bridgehead atoms. The maximum Gasteiger partial charge on any atom is 0.180 e. The highest BCUT2D eigenvalue weighted by Gasteiger charge is 2.15. The Kier molecular flexibility index (Phi) is 74.9. The van der Waals surface area contributed by atoms with Crippen LogP contribution in [0.25, 0.3) is 0 Å². The second kappa shape index (κ2) is 75.7. The first-order valence-corrected chi connectivity index (χ1v) is 38.8. The predicted octanol–water partition coefficient (Wildman–Crippen LogP) is 26.3. The summed E-state index contributed by atoms with van der Waals surface area (Å²) in [6, 6.07) is 0. The van der Waals surface area contributed by atoms with Gasteiger partial charge in [-0.2, -0.15) is 0 Å². The summed E-state index contributed by atoms with van der Waals surface area (Å²) < 4.78 is 44.8. The van der Waals surface area contributed by atoms with E-state index in [9.17, 15) is 0 Å². The van der Waals surface area contributed by atoms with Gasteiger partial charge in [0.05, 0.1) is 13.2 Å². The standard InChI is InChI=1S/C78H154O7/c1-7-13-19-25-49-59-69-79-75(80-70-60-50-26-20-14-8-2)65-55-45-41-37-33-31-35-39-43-47-57-67-77(83-73-63-53-29-23-17-11-5)85-78(84-74-64-54-30-24-18-12-6)68-58-48-44-40-36-32-34-38-42-46-56-66-76(81-71-61-51-27-21-15-9-3)82-72-62-52-28-22-16-10-4/h57-58,67-68,75-78H,7-56,59-66,69-74H2,1-6H3. The summed E-state index contributed by atoms with van der Waals surface area (Å²) in [5.74, 6) is 0. The highest BCUT2D eigenvalue weighted by Crippen LogP contribution is 2.20. The quantitative estimate of drug-likeness (QED) is 0.0341. The molecule has 2 atom stereocenters. The molecule has 0 N–H and O–H groups in total. The van der Waals surface area contributed by atoms with E-state index in [2.05, 4.69) is 65.8 Å². The van der Waals surface area contributed by atoms with Crippen molar-refractivity contribution in [1.29, 1.82) is 0 Å². The number of rotatable bonds is 76. The lowest BCUT2D eigenvalue weighted by Crippen LogP contribution is -2.25. The molecule has 0 aromatic heterocycles. The molecular formula is C78H154O7. The molecule has 0 aliphatic carbocycles. The number of hydrogen-bond acceptors (Lipinski definition) is 7. The third-order valence-corrected chi connectivity index (χ3v) is 17.2. The maximum atomic E-state index is 6.67. The van der Waals surface area contributed by atoms with Crippen LogP contribution in [0.4, 0.5) is 0 Å². The predicted molar refractivity (Wildman–Crippen MR) is 372 cm³/mol. The van der Waals surface area contributed by atoms with Crippen LogP contribution in [0, 0.1) is 0 Å². The van der Waals surface area contributed by atoms with E-state index < -0.39 is 0 Å². The summed E-state index contributed by atoms with van der Waals surface area (Å²) in [4.78, 5) is 0. The average molecular weight is 1200 g/mol. The van der Waals surface area contributed by atoms with Gasteiger partial charge in [-0.25, -0.2) is 0 Å². The summed E-state index contributed by atoms with van der Waals surface area (Å²) in [5.41, 5.74) is 0. The highest BCUT2D eigenvalue weighted by molar-refractivity contribution is 4.90. The molecule has 85 heavy (non-hydrogen) atoms. The Bertz CT molecular complexity index is 1120. The Hall–Kier alpha value is -0.800. The molecule has 0 aromatic rings. The fourth-order valence-electron chi connectivity index (χ4n) is 11.4. The highest BCUT2D eigenvalue weighted by atomic mass is 16.8. The number of allylic oxidation sites excluding steroid dienone is 2. The molecular weight excluding hydrogens is 1050 g/mol. The Balaban J connectivity index is 4.90. The topological polar surface area (TPSA) is 64.6 Å². The van der Waals surface area contributed by atoms with E-state index in [1.165, 1.54) is 334 Å². The first-order chi connectivity index (χ1) is 42.1. The van der Waals surface area contributed by atoms with Gasteiger partial charge in [0, 0.05) is 26.4 Å². The summed E-state index contributed by atoms with van der Waals surface area (Å²) in [5, 5.41) is 0. The van der Waals surface area contributed by atoms with Crippen molar-refractivity contribution in [2.24, 2.45) is 0 Å². The summed E-state index contributed by atoms with van der Waals surface area (Å²) in [6.07, 6.45) is 82.4. The minimum atomic E-state index is -0.378. The van der Waals surface area contributed by atoms with Crippen LogP contribution in [0.1, 0.15) is 414 Å². The van der Waals surface area contributed by atoms with Gasteiger partial charge in [-0.15, -0.1) is 0 Å². The van der Waals surface area contributed by atoms with Crippen molar-refractivity contribution in [2.45, 2.75) is 439 Å². The SMILES string of the molecule is CCCCCCCCOC(C=CCCCCCCCCCCCC(OCCCCCCCC)OCCCCCCCC)OC(C=CCCCCCCCCCCCC(OCCCCCCCC)OCCCCCCCC)OCCCCCCCC. The molecule has 0 amide bonds. The molecule has 0 aromatic carbocycles. The van der Waals surface area contributed by atoms with Gasteiger partial charge in [-0.3, -0.25) is 0 Å². The zero-order chi connectivity index (χ0) is 61.3. The van der Waals surface area contributed by atoms with Gasteiger partial charge in [-0.1, -0.05) is 336 Å². The summed E-state index contributed by atoms with van der Waals surface area (Å²) in [7, 11) is 0. The van der Waals surface area contributed by atoms with Crippen LogP contribution < -0.4 is 0 Å². The molecule has 0 spiro atoms. The fourth-order valence-corrected chi connectivity index (χ4v) is 11.4. The second-order valence-corrected chi connectivity index (χ2v) is 25.9. The first kappa shape index (κ1) is 84.2. The van der Waals surface area contributed by atoms with Gasteiger partial charge >= 0.3 is 0 Å². The van der Waals surface area contributed by atoms with Crippen LogP contribution in [0.2, 0.25) is 0 Å². The Labute approximate surface area is 533 Å². The van der Waals surface area contributed by atoms with E-state index in [1.54, 1.807) is 0 Å². The monoisotopic (exact) mass is 1200 g/mol. The lowest BCUT2D eigenvalue weighted by molar-refractivity contribution is -0.208. The van der Waals surface area contributed by atoms with Crippen molar-refractivity contribution in [3.63, 3.8) is 0 Å². The molecule has 0 fully saturated rings. The van der Waals surface area contributed by atoms with E-state index in [0.29, 0.717) is 0 Å². The normalized spacial score (nSPS) is 12.9. The molecule has 0 saturated heterocycles. The number of hydrogen-bond donors (Lipinski definition) is 0. The Morgan fingerprint density at radius 3 is 0.624 bits per heavy atom. The second-order valence-electron chi connectivity index (χ2n) is 25.9. The van der Waals surface area contributed by atoms with E-state index >= 15 is 0 Å². The third kappa shape index (κ3) is 68.9. The molecule has 0 radical (unpaired) electrons. The van der Waals surface area contributed by atoms with Crippen molar-refractivity contribution in [2.75, 3.05) is 39.6 Å². The molecule has 2 unspecified atom stereocenters.